The van der Waals surface area contributed by atoms with Gasteiger partial charge in [-0.3, -0.25) is 0 Å². The molecule has 154 valence electrons. The molecule has 0 rings (SSSR count). The third kappa shape index (κ3) is 22.4. The zero-order chi connectivity index (χ0) is 17.9. The molecule has 0 aliphatic carbocycles. The predicted molar refractivity (Wildman–Crippen MR) is 112 cm³/mol. The molecule has 0 saturated heterocycles. The van der Waals surface area contributed by atoms with Gasteiger partial charge < -0.3 is 21.5 Å². The van der Waals surface area contributed by atoms with E-state index in [0.717, 1.165) is 0 Å². The van der Waals surface area contributed by atoms with Crippen molar-refractivity contribution in [2.24, 2.45) is 0 Å². The molecule has 1 nitrogen and oxygen atoms in total. The zero-order valence-corrected chi connectivity index (χ0v) is 19.8. The molecule has 0 aliphatic rings. The first-order valence-electron chi connectivity index (χ1n) is 11.4. The predicted octanol–water partition coefficient (Wildman–Crippen LogP) is 4.74. The first-order valence-corrected chi connectivity index (χ1v) is 11.4. The number of quaternary nitrogens is 1. The van der Waals surface area contributed by atoms with Crippen molar-refractivity contribution in [1.29, 1.82) is 0 Å². The maximum atomic E-state index is 2.44. The van der Waals surface area contributed by atoms with Crippen molar-refractivity contribution >= 4 is 0 Å². The van der Waals surface area contributed by atoms with Crippen LogP contribution in [0.3, 0.4) is 0 Å². The Bertz CT molecular complexity index is 240. The lowest BCUT2D eigenvalue weighted by Crippen LogP contribution is -3.00. The lowest BCUT2D eigenvalue weighted by Gasteiger charge is -2.30. The highest BCUT2D eigenvalue weighted by molar-refractivity contribution is 4.49. The SMILES string of the molecule is CCCCCCCCCCCC[N+](C)(C)CCCCCCCCC.[Br-]. The van der Waals surface area contributed by atoms with Crippen LogP contribution in [0.25, 0.3) is 0 Å². The van der Waals surface area contributed by atoms with Gasteiger partial charge in [-0.15, -0.1) is 0 Å². The van der Waals surface area contributed by atoms with Gasteiger partial charge in [-0.05, 0) is 25.7 Å². The molecule has 0 bridgehead atoms. The summed E-state index contributed by atoms with van der Waals surface area (Å²) in [7, 11) is 4.87. The molecule has 0 aromatic heterocycles. The second kappa shape index (κ2) is 20.7. The van der Waals surface area contributed by atoms with Crippen molar-refractivity contribution in [1.82, 2.24) is 0 Å². The highest BCUT2D eigenvalue weighted by Crippen LogP contribution is 2.13. The highest BCUT2D eigenvalue weighted by atomic mass is 79.9. The Morgan fingerprint density at radius 2 is 0.640 bits per heavy atom. The molecule has 0 radical (unpaired) electrons. The Kier molecular flexibility index (Phi) is 23.0. The van der Waals surface area contributed by atoms with Crippen LogP contribution in [0.4, 0.5) is 0 Å². The van der Waals surface area contributed by atoms with Crippen molar-refractivity contribution in [3.63, 3.8) is 0 Å². The summed E-state index contributed by atoms with van der Waals surface area (Å²) < 4.78 is 1.24. The zero-order valence-electron chi connectivity index (χ0n) is 18.3. The van der Waals surface area contributed by atoms with Crippen LogP contribution in [0, 0.1) is 0 Å². The van der Waals surface area contributed by atoms with Gasteiger partial charge in [0, 0.05) is 0 Å². The Morgan fingerprint density at radius 3 is 0.920 bits per heavy atom. The van der Waals surface area contributed by atoms with E-state index in [1.54, 1.807) is 0 Å². The van der Waals surface area contributed by atoms with Crippen LogP contribution < -0.4 is 17.0 Å². The van der Waals surface area contributed by atoms with E-state index in [-0.39, 0.29) is 17.0 Å². The molecule has 0 heterocycles. The summed E-state index contributed by atoms with van der Waals surface area (Å²) in [5.41, 5.74) is 0. The molecule has 0 aromatic carbocycles. The fourth-order valence-electron chi connectivity index (χ4n) is 3.64. The number of hydrogen-bond donors (Lipinski definition) is 0. The summed E-state index contributed by atoms with van der Waals surface area (Å²) in [4.78, 5) is 0. The van der Waals surface area contributed by atoms with E-state index in [1.165, 1.54) is 127 Å². The summed E-state index contributed by atoms with van der Waals surface area (Å²) >= 11 is 0. The minimum absolute atomic E-state index is 0. The first kappa shape index (κ1) is 27.7. The summed E-state index contributed by atoms with van der Waals surface area (Å²) in [5, 5.41) is 0. The first-order chi connectivity index (χ1) is 11.6. The van der Waals surface area contributed by atoms with Crippen molar-refractivity contribution in [3.8, 4) is 0 Å². The quantitative estimate of drug-likeness (QED) is 0.209. The lowest BCUT2D eigenvalue weighted by atomic mass is 10.1. The molecule has 0 aromatic rings. The van der Waals surface area contributed by atoms with Gasteiger partial charge >= 0.3 is 0 Å². The van der Waals surface area contributed by atoms with Crippen molar-refractivity contribution in [2.45, 2.75) is 123 Å². The molecule has 0 unspecified atom stereocenters. The van der Waals surface area contributed by atoms with E-state index in [4.69, 9.17) is 0 Å². The number of halogens is 1. The molecule has 2 heteroatoms. The number of nitrogens with zero attached hydrogens (tertiary/aromatic N) is 1. The molecule has 0 aliphatic heterocycles. The van der Waals surface area contributed by atoms with E-state index in [2.05, 4.69) is 27.9 Å². The molecule has 0 atom stereocenters. The molecule has 0 fully saturated rings. The lowest BCUT2D eigenvalue weighted by molar-refractivity contribution is -0.890. The Balaban J connectivity index is 0. The van der Waals surface area contributed by atoms with Crippen LogP contribution in [0.5, 0.6) is 0 Å². The number of unbranched alkanes of at least 4 members (excludes halogenated alkanes) is 15. The van der Waals surface area contributed by atoms with Gasteiger partial charge in [-0.1, -0.05) is 97.3 Å². The van der Waals surface area contributed by atoms with Gasteiger partial charge in [0.2, 0.25) is 0 Å². The molecule has 0 N–H and O–H groups in total. The van der Waals surface area contributed by atoms with E-state index >= 15 is 0 Å². The molecule has 25 heavy (non-hydrogen) atoms. The average molecular weight is 421 g/mol. The standard InChI is InChI=1S/C23H50N.BrH/c1-5-7-9-11-13-14-15-17-19-21-23-24(3,4)22-20-18-16-12-10-8-6-2;/h5-23H2,1-4H3;1H/q+1;/p-1. The van der Waals surface area contributed by atoms with Crippen molar-refractivity contribution < 1.29 is 21.5 Å². The van der Waals surface area contributed by atoms with Crippen LogP contribution in [0.2, 0.25) is 0 Å². The topological polar surface area (TPSA) is 0 Å². The molecule has 0 saturated carbocycles. The minimum atomic E-state index is 0. The second-order valence-corrected chi connectivity index (χ2v) is 8.69. The average Bonchev–Trinajstić information content (AvgIpc) is 2.55. The van der Waals surface area contributed by atoms with Crippen LogP contribution in [0.15, 0.2) is 0 Å². The Morgan fingerprint density at radius 1 is 0.400 bits per heavy atom. The van der Waals surface area contributed by atoms with Gasteiger partial charge in [-0.2, -0.15) is 0 Å². The van der Waals surface area contributed by atoms with Gasteiger partial charge in [0.15, 0.2) is 0 Å². The van der Waals surface area contributed by atoms with Gasteiger partial charge in [0.05, 0.1) is 27.2 Å². The minimum Gasteiger partial charge on any atom is -1.00 e. The van der Waals surface area contributed by atoms with Crippen LogP contribution >= 0.6 is 0 Å². The van der Waals surface area contributed by atoms with Crippen LogP contribution in [-0.2, 0) is 0 Å². The van der Waals surface area contributed by atoms with E-state index in [1.807, 2.05) is 0 Å². The summed E-state index contributed by atoms with van der Waals surface area (Å²) in [6.45, 7) is 7.36. The van der Waals surface area contributed by atoms with E-state index < -0.39 is 0 Å². The van der Waals surface area contributed by atoms with Gasteiger partial charge in [0.25, 0.3) is 0 Å². The van der Waals surface area contributed by atoms with Crippen molar-refractivity contribution in [2.75, 3.05) is 27.2 Å². The molecule has 0 amide bonds. The summed E-state index contributed by atoms with van der Waals surface area (Å²) in [5.74, 6) is 0. The van der Waals surface area contributed by atoms with Crippen LogP contribution in [-0.4, -0.2) is 31.7 Å². The smallest absolute Gasteiger partial charge is 0.0782 e. The van der Waals surface area contributed by atoms with Gasteiger partial charge in [-0.25, -0.2) is 0 Å². The Hall–Kier alpha value is 0.440. The largest absolute Gasteiger partial charge is 1.00 e. The van der Waals surface area contributed by atoms with E-state index in [0.29, 0.717) is 0 Å². The second-order valence-electron chi connectivity index (χ2n) is 8.69. The van der Waals surface area contributed by atoms with Crippen LogP contribution in [0.1, 0.15) is 123 Å². The molecule has 0 spiro atoms. The fraction of sp³-hybridized carbons (Fsp3) is 1.00. The third-order valence-corrected chi connectivity index (χ3v) is 5.48. The van der Waals surface area contributed by atoms with Crippen molar-refractivity contribution in [3.05, 3.63) is 0 Å². The number of hydrogen-bond acceptors (Lipinski definition) is 0. The summed E-state index contributed by atoms with van der Waals surface area (Å²) in [6.07, 6.45) is 24.5. The monoisotopic (exact) mass is 419 g/mol. The molecular formula is C23H50BrN. The van der Waals surface area contributed by atoms with Gasteiger partial charge in [0.1, 0.15) is 0 Å². The highest BCUT2D eigenvalue weighted by Gasteiger charge is 2.13. The fourth-order valence-corrected chi connectivity index (χ4v) is 3.64. The maximum Gasteiger partial charge on any atom is 0.0782 e. The molecular weight excluding hydrogens is 370 g/mol. The maximum absolute atomic E-state index is 2.44. The summed E-state index contributed by atoms with van der Waals surface area (Å²) in [6, 6.07) is 0. The number of rotatable bonds is 19. The Labute approximate surface area is 171 Å². The van der Waals surface area contributed by atoms with E-state index in [9.17, 15) is 0 Å². The normalized spacial score (nSPS) is 11.5. The third-order valence-electron chi connectivity index (χ3n) is 5.48.